The second-order valence-corrected chi connectivity index (χ2v) is 4.28. The quantitative estimate of drug-likeness (QED) is 0.866. The Kier molecular flexibility index (Phi) is 4.92. The molecule has 5 nitrogen and oxygen atoms in total. The molecule has 0 saturated carbocycles. The van der Waals surface area contributed by atoms with E-state index >= 15 is 0 Å². The van der Waals surface area contributed by atoms with Crippen molar-refractivity contribution in [3.05, 3.63) is 65.6 Å². The Balaban J connectivity index is 2.21. The third-order valence-electron chi connectivity index (χ3n) is 2.78. The molecule has 2 aromatic carbocycles. The van der Waals surface area contributed by atoms with Gasteiger partial charge in [-0.05, 0) is 24.3 Å². The Morgan fingerprint density at radius 1 is 1.04 bits per heavy atom. The average Bonchev–Trinajstić information content (AvgIpc) is 2.58. The molecule has 0 saturated heterocycles. The van der Waals surface area contributed by atoms with Crippen LogP contribution in [-0.2, 0) is 0 Å². The van der Waals surface area contributed by atoms with Crippen molar-refractivity contribution in [2.45, 2.75) is 0 Å². The molecule has 1 N–H and O–H groups in total. The molecule has 2 rings (SSSR count). The number of benzene rings is 2. The van der Waals surface area contributed by atoms with Crippen LogP contribution in [0.3, 0.4) is 0 Å². The minimum Gasteiger partial charge on any atom is -0.453 e. The van der Waals surface area contributed by atoms with Crippen LogP contribution in [0.5, 0.6) is 11.5 Å². The van der Waals surface area contributed by atoms with Gasteiger partial charge in [-0.2, -0.15) is 15.8 Å². The molecule has 0 fully saturated rings. The molecular weight excluding hydrogens is 295 g/mol. The van der Waals surface area contributed by atoms with Crippen LogP contribution < -0.4 is 10.1 Å². The number of anilines is 1. The Morgan fingerprint density at radius 2 is 1.78 bits per heavy atom. The highest BCUT2D eigenvalue weighted by atomic mass is 19.1. The van der Waals surface area contributed by atoms with Crippen LogP contribution in [0.25, 0.3) is 0 Å². The normalized spacial score (nSPS) is 8.96. The summed E-state index contributed by atoms with van der Waals surface area (Å²) in [6, 6.07) is 15.9. The molecular formula is C17H9FN4O. The van der Waals surface area contributed by atoms with Crippen molar-refractivity contribution in [1.29, 1.82) is 15.8 Å². The first-order valence-electron chi connectivity index (χ1n) is 6.41. The number of hydrogen-bond acceptors (Lipinski definition) is 5. The second-order valence-electron chi connectivity index (χ2n) is 4.28. The molecule has 0 bridgehead atoms. The first kappa shape index (κ1) is 15.6. The molecule has 0 aliphatic carbocycles. The van der Waals surface area contributed by atoms with E-state index in [1.54, 1.807) is 36.4 Å². The summed E-state index contributed by atoms with van der Waals surface area (Å²) >= 11 is 0. The van der Waals surface area contributed by atoms with Gasteiger partial charge in [-0.15, -0.1) is 0 Å². The van der Waals surface area contributed by atoms with Crippen molar-refractivity contribution < 1.29 is 9.13 Å². The molecule has 0 spiro atoms. The SMILES string of the molecule is N#CC(C#N)=CNc1ccc(Oc2ccccc2C#N)c(F)c1. The van der Waals surface area contributed by atoms with Crippen LogP contribution in [0.15, 0.2) is 54.2 Å². The highest BCUT2D eigenvalue weighted by Crippen LogP contribution is 2.28. The molecule has 0 unspecified atom stereocenters. The molecule has 0 amide bonds. The maximum Gasteiger partial charge on any atom is 0.167 e. The van der Waals surface area contributed by atoms with Crippen LogP contribution in [-0.4, -0.2) is 0 Å². The van der Waals surface area contributed by atoms with E-state index in [0.717, 1.165) is 6.07 Å². The molecule has 0 aliphatic rings. The lowest BCUT2D eigenvalue weighted by molar-refractivity contribution is 0.441. The molecule has 0 radical (unpaired) electrons. The third-order valence-corrected chi connectivity index (χ3v) is 2.78. The van der Waals surface area contributed by atoms with E-state index in [0.29, 0.717) is 11.3 Å². The molecule has 6 heteroatoms. The summed E-state index contributed by atoms with van der Waals surface area (Å²) in [5, 5.41) is 28.9. The van der Waals surface area contributed by atoms with E-state index < -0.39 is 5.82 Å². The largest absolute Gasteiger partial charge is 0.453 e. The van der Waals surface area contributed by atoms with E-state index in [1.807, 2.05) is 6.07 Å². The van der Waals surface area contributed by atoms with Gasteiger partial charge in [0.15, 0.2) is 11.6 Å². The lowest BCUT2D eigenvalue weighted by Crippen LogP contribution is -1.94. The number of hydrogen-bond donors (Lipinski definition) is 1. The summed E-state index contributed by atoms with van der Waals surface area (Å²) in [6.45, 7) is 0. The lowest BCUT2D eigenvalue weighted by Gasteiger charge is -2.09. The first-order valence-corrected chi connectivity index (χ1v) is 6.41. The Morgan fingerprint density at radius 3 is 2.43 bits per heavy atom. The first-order chi connectivity index (χ1) is 11.2. The molecule has 0 heterocycles. The van der Waals surface area contributed by atoms with Gasteiger partial charge in [-0.3, -0.25) is 0 Å². The van der Waals surface area contributed by atoms with Gasteiger partial charge in [0.2, 0.25) is 0 Å². The minimum atomic E-state index is -0.647. The fourth-order valence-electron chi connectivity index (χ4n) is 1.68. The predicted molar refractivity (Wildman–Crippen MR) is 80.6 cm³/mol. The van der Waals surface area contributed by atoms with Crippen molar-refractivity contribution in [3.63, 3.8) is 0 Å². The Bertz CT molecular complexity index is 869. The maximum atomic E-state index is 14.1. The fourth-order valence-corrected chi connectivity index (χ4v) is 1.68. The molecule has 110 valence electrons. The summed E-state index contributed by atoms with van der Waals surface area (Å²) in [4.78, 5) is 0. The summed E-state index contributed by atoms with van der Waals surface area (Å²) in [5.74, 6) is -0.430. The van der Waals surface area contributed by atoms with Crippen LogP contribution in [0.4, 0.5) is 10.1 Å². The van der Waals surface area contributed by atoms with Crippen molar-refractivity contribution in [3.8, 4) is 29.7 Å². The van der Waals surface area contributed by atoms with E-state index in [9.17, 15) is 4.39 Å². The monoisotopic (exact) mass is 304 g/mol. The van der Waals surface area contributed by atoms with Gasteiger partial charge in [-0.1, -0.05) is 12.1 Å². The zero-order valence-electron chi connectivity index (χ0n) is 11.7. The van der Waals surface area contributed by atoms with Crippen LogP contribution in [0.1, 0.15) is 5.56 Å². The Labute approximate surface area is 132 Å². The average molecular weight is 304 g/mol. The van der Waals surface area contributed by atoms with Gasteiger partial charge < -0.3 is 10.1 Å². The highest BCUT2D eigenvalue weighted by molar-refractivity contribution is 5.53. The van der Waals surface area contributed by atoms with Crippen molar-refractivity contribution >= 4 is 5.69 Å². The van der Waals surface area contributed by atoms with E-state index in [1.165, 1.54) is 18.3 Å². The van der Waals surface area contributed by atoms with Gasteiger partial charge in [0.05, 0.1) is 5.56 Å². The number of para-hydroxylation sites is 1. The number of nitrogens with one attached hydrogen (secondary N) is 1. The number of rotatable bonds is 4. The van der Waals surface area contributed by atoms with Crippen molar-refractivity contribution in [1.82, 2.24) is 0 Å². The number of halogens is 1. The summed E-state index contributed by atoms with van der Waals surface area (Å²) in [5.41, 5.74) is 0.518. The number of allylic oxidation sites excluding steroid dienone is 1. The standard InChI is InChI=1S/C17H9FN4O/c18-15-7-14(22-11-12(8-19)9-20)5-6-17(15)23-16-4-2-1-3-13(16)10-21/h1-7,11,22H. The fraction of sp³-hybridized carbons (Fsp3) is 0. The van der Waals surface area contributed by atoms with Gasteiger partial charge in [0.1, 0.15) is 29.5 Å². The van der Waals surface area contributed by atoms with Crippen molar-refractivity contribution in [2.75, 3.05) is 5.32 Å². The molecule has 0 aromatic heterocycles. The summed E-state index contributed by atoms with van der Waals surface area (Å²) in [7, 11) is 0. The van der Waals surface area contributed by atoms with E-state index in [2.05, 4.69) is 5.32 Å². The maximum absolute atomic E-state index is 14.1. The van der Waals surface area contributed by atoms with E-state index in [-0.39, 0.29) is 17.1 Å². The number of ether oxygens (including phenoxy) is 1. The zero-order chi connectivity index (χ0) is 16.7. The highest BCUT2D eigenvalue weighted by Gasteiger charge is 2.09. The van der Waals surface area contributed by atoms with Gasteiger partial charge in [0.25, 0.3) is 0 Å². The summed E-state index contributed by atoms with van der Waals surface area (Å²) in [6.07, 6.45) is 1.18. The van der Waals surface area contributed by atoms with Crippen LogP contribution in [0, 0.1) is 39.8 Å². The smallest absolute Gasteiger partial charge is 0.167 e. The topological polar surface area (TPSA) is 92.6 Å². The molecule has 0 aliphatic heterocycles. The molecule has 2 aromatic rings. The van der Waals surface area contributed by atoms with Crippen molar-refractivity contribution in [2.24, 2.45) is 0 Å². The zero-order valence-corrected chi connectivity index (χ0v) is 11.7. The lowest BCUT2D eigenvalue weighted by atomic mass is 10.2. The number of nitrogens with zero attached hydrogens (tertiary/aromatic N) is 3. The summed E-state index contributed by atoms with van der Waals surface area (Å²) < 4.78 is 19.5. The van der Waals surface area contributed by atoms with Gasteiger partial charge in [0, 0.05) is 18.0 Å². The Hall–Kier alpha value is -3.82. The third kappa shape index (κ3) is 3.85. The minimum absolute atomic E-state index is 0.0389. The van der Waals surface area contributed by atoms with Gasteiger partial charge >= 0.3 is 0 Å². The van der Waals surface area contributed by atoms with E-state index in [4.69, 9.17) is 20.5 Å². The molecule has 0 atom stereocenters. The van der Waals surface area contributed by atoms with Gasteiger partial charge in [-0.25, -0.2) is 4.39 Å². The second kappa shape index (κ2) is 7.26. The number of nitriles is 3. The molecule has 23 heavy (non-hydrogen) atoms. The predicted octanol–water partition coefficient (Wildman–Crippen LogP) is 3.83. The van der Waals surface area contributed by atoms with Crippen LogP contribution >= 0.6 is 0 Å². The van der Waals surface area contributed by atoms with Crippen LogP contribution in [0.2, 0.25) is 0 Å².